The molecule has 2 aromatic carbocycles. The lowest BCUT2D eigenvalue weighted by Crippen LogP contribution is -2.12. The Labute approximate surface area is 128 Å². The first-order valence-corrected chi connectivity index (χ1v) is 7.56. The fraction of sp³-hybridized carbons (Fsp3) is 0.118. The van der Waals surface area contributed by atoms with Crippen molar-refractivity contribution >= 4 is 22.6 Å². The van der Waals surface area contributed by atoms with Gasteiger partial charge in [-0.1, -0.05) is 54.2 Å². The molecule has 2 N–H and O–H groups in total. The van der Waals surface area contributed by atoms with Crippen LogP contribution in [-0.4, -0.2) is 12.3 Å². The van der Waals surface area contributed by atoms with Crippen LogP contribution in [0.5, 0.6) is 5.75 Å². The highest BCUT2D eigenvalue weighted by Crippen LogP contribution is 2.38. The van der Waals surface area contributed by atoms with Crippen LogP contribution in [0.15, 0.2) is 65.7 Å². The molecule has 1 atom stereocenters. The molecule has 0 spiro atoms. The lowest BCUT2D eigenvalue weighted by molar-refractivity contribution is 0.414. The second-order valence-corrected chi connectivity index (χ2v) is 5.84. The summed E-state index contributed by atoms with van der Waals surface area (Å²) in [6.07, 6.45) is 2.15. The van der Waals surface area contributed by atoms with Crippen molar-refractivity contribution < 1.29 is 4.74 Å². The van der Waals surface area contributed by atoms with Crippen LogP contribution < -0.4 is 10.5 Å². The Kier molecular flexibility index (Phi) is 3.97. The van der Waals surface area contributed by atoms with Gasteiger partial charge in [0.15, 0.2) is 5.17 Å². The van der Waals surface area contributed by atoms with Crippen molar-refractivity contribution in [3.8, 4) is 5.75 Å². The van der Waals surface area contributed by atoms with E-state index in [0.717, 1.165) is 17.0 Å². The van der Waals surface area contributed by atoms with Crippen molar-refractivity contribution in [2.75, 3.05) is 7.11 Å². The Balaban J connectivity index is 1.93. The van der Waals surface area contributed by atoms with E-state index < -0.39 is 0 Å². The molecule has 1 unspecified atom stereocenters. The van der Waals surface area contributed by atoms with E-state index in [1.807, 2.05) is 42.5 Å². The second-order valence-electron chi connectivity index (χ2n) is 4.68. The Hall–Kier alpha value is -2.20. The van der Waals surface area contributed by atoms with Gasteiger partial charge in [0, 0.05) is 0 Å². The maximum absolute atomic E-state index is 5.99. The minimum atomic E-state index is 0.170. The zero-order valence-corrected chi connectivity index (χ0v) is 12.5. The van der Waals surface area contributed by atoms with Crippen LogP contribution in [0.25, 0.3) is 5.70 Å². The monoisotopic (exact) mass is 296 g/mol. The number of aliphatic imine (C=N–C) groups is 1. The van der Waals surface area contributed by atoms with Gasteiger partial charge in [-0.05, 0) is 29.3 Å². The highest BCUT2D eigenvalue weighted by molar-refractivity contribution is 8.14. The summed E-state index contributed by atoms with van der Waals surface area (Å²) in [5.41, 5.74) is 9.19. The molecule has 1 aliphatic heterocycles. The topological polar surface area (TPSA) is 47.6 Å². The summed E-state index contributed by atoms with van der Waals surface area (Å²) in [4.78, 5) is 4.46. The van der Waals surface area contributed by atoms with Gasteiger partial charge in [-0.2, -0.15) is 0 Å². The Morgan fingerprint density at radius 3 is 2.43 bits per heavy atom. The standard InChI is InChI=1S/C17H16N2OS/c1-20-14-9-7-13(8-10-14)16-11-15(19-17(18)21-16)12-5-3-2-4-6-12/h2-11,16H,1H3,(H2,18,19). The summed E-state index contributed by atoms with van der Waals surface area (Å²) >= 11 is 1.56. The molecule has 0 aliphatic carbocycles. The average Bonchev–Trinajstić information content (AvgIpc) is 2.55. The molecule has 3 rings (SSSR count). The molecule has 21 heavy (non-hydrogen) atoms. The van der Waals surface area contributed by atoms with Gasteiger partial charge >= 0.3 is 0 Å². The number of nitrogens with zero attached hydrogens (tertiary/aromatic N) is 1. The molecule has 1 heterocycles. The molecule has 4 heteroatoms. The number of ether oxygens (including phenoxy) is 1. The third kappa shape index (κ3) is 3.11. The van der Waals surface area contributed by atoms with Crippen LogP contribution in [0, 0.1) is 0 Å². The van der Waals surface area contributed by atoms with Crippen LogP contribution in [0.2, 0.25) is 0 Å². The normalized spacial score (nSPS) is 17.9. The molecule has 0 saturated carbocycles. The van der Waals surface area contributed by atoms with Gasteiger partial charge in [0.25, 0.3) is 0 Å². The number of hydrogen-bond donors (Lipinski definition) is 1. The third-order valence-electron chi connectivity index (χ3n) is 3.30. The molecule has 0 radical (unpaired) electrons. The van der Waals surface area contributed by atoms with Gasteiger partial charge in [0.05, 0.1) is 18.1 Å². The molecular weight excluding hydrogens is 280 g/mol. The van der Waals surface area contributed by atoms with Crippen molar-refractivity contribution in [1.29, 1.82) is 0 Å². The summed E-state index contributed by atoms with van der Waals surface area (Å²) in [6, 6.07) is 18.2. The van der Waals surface area contributed by atoms with Gasteiger partial charge in [-0.3, -0.25) is 0 Å². The number of methoxy groups -OCH3 is 1. The van der Waals surface area contributed by atoms with Crippen LogP contribution in [0.3, 0.4) is 0 Å². The predicted molar refractivity (Wildman–Crippen MR) is 89.4 cm³/mol. The van der Waals surface area contributed by atoms with Crippen molar-refractivity contribution in [1.82, 2.24) is 0 Å². The lowest BCUT2D eigenvalue weighted by atomic mass is 10.1. The van der Waals surface area contributed by atoms with Gasteiger partial charge in [-0.15, -0.1) is 0 Å². The summed E-state index contributed by atoms with van der Waals surface area (Å²) in [5, 5.41) is 0.765. The van der Waals surface area contributed by atoms with Crippen molar-refractivity contribution in [3.05, 3.63) is 71.8 Å². The molecule has 0 bridgehead atoms. The number of rotatable bonds is 3. The highest BCUT2D eigenvalue weighted by Gasteiger charge is 2.18. The quantitative estimate of drug-likeness (QED) is 0.936. The maximum atomic E-state index is 5.99. The summed E-state index contributed by atoms with van der Waals surface area (Å²) < 4.78 is 5.20. The fourth-order valence-electron chi connectivity index (χ4n) is 2.22. The Morgan fingerprint density at radius 2 is 1.76 bits per heavy atom. The van der Waals surface area contributed by atoms with Crippen molar-refractivity contribution in [3.63, 3.8) is 0 Å². The second kappa shape index (κ2) is 6.06. The van der Waals surface area contributed by atoms with Crippen LogP contribution in [-0.2, 0) is 0 Å². The summed E-state index contributed by atoms with van der Waals surface area (Å²) in [7, 11) is 1.67. The van der Waals surface area contributed by atoms with Gasteiger partial charge < -0.3 is 10.5 Å². The first-order valence-electron chi connectivity index (χ1n) is 6.68. The van der Waals surface area contributed by atoms with E-state index in [9.17, 15) is 0 Å². The van der Waals surface area contributed by atoms with Gasteiger partial charge in [0.2, 0.25) is 0 Å². The first-order chi connectivity index (χ1) is 10.3. The minimum Gasteiger partial charge on any atom is -0.497 e. The van der Waals surface area contributed by atoms with Crippen molar-refractivity contribution in [2.45, 2.75) is 5.25 Å². The fourth-order valence-corrected chi connectivity index (χ4v) is 3.12. The number of nitrogens with two attached hydrogens (primary N) is 1. The smallest absolute Gasteiger partial charge is 0.160 e. The first kappa shape index (κ1) is 13.8. The van der Waals surface area contributed by atoms with E-state index in [0.29, 0.717) is 5.17 Å². The molecule has 0 amide bonds. The zero-order valence-electron chi connectivity index (χ0n) is 11.7. The molecular formula is C17H16N2OS. The lowest BCUT2D eigenvalue weighted by Gasteiger charge is -2.19. The van der Waals surface area contributed by atoms with E-state index >= 15 is 0 Å². The van der Waals surface area contributed by atoms with Gasteiger partial charge in [0.1, 0.15) is 5.75 Å². The molecule has 2 aromatic rings. The van der Waals surface area contributed by atoms with Crippen molar-refractivity contribution in [2.24, 2.45) is 10.7 Å². The van der Waals surface area contributed by atoms with E-state index in [4.69, 9.17) is 10.5 Å². The van der Waals surface area contributed by atoms with E-state index in [1.54, 1.807) is 18.9 Å². The van der Waals surface area contributed by atoms with E-state index in [1.165, 1.54) is 5.56 Å². The maximum Gasteiger partial charge on any atom is 0.160 e. The third-order valence-corrected chi connectivity index (χ3v) is 4.30. The number of hydrogen-bond acceptors (Lipinski definition) is 4. The van der Waals surface area contributed by atoms with Crippen LogP contribution >= 0.6 is 11.8 Å². The number of thioether (sulfide) groups is 1. The van der Waals surface area contributed by atoms with Crippen LogP contribution in [0.4, 0.5) is 0 Å². The number of benzene rings is 2. The molecule has 1 aliphatic rings. The molecule has 0 fully saturated rings. The largest absolute Gasteiger partial charge is 0.497 e. The van der Waals surface area contributed by atoms with Crippen LogP contribution in [0.1, 0.15) is 16.4 Å². The molecule has 0 saturated heterocycles. The summed E-state index contributed by atoms with van der Waals surface area (Å²) in [6.45, 7) is 0. The summed E-state index contributed by atoms with van der Waals surface area (Å²) in [5.74, 6) is 0.855. The van der Waals surface area contributed by atoms with E-state index in [-0.39, 0.29) is 5.25 Å². The predicted octanol–water partition coefficient (Wildman–Crippen LogP) is 3.84. The minimum absolute atomic E-state index is 0.170. The average molecular weight is 296 g/mol. The highest BCUT2D eigenvalue weighted by atomic mass is 32.2. The van der Waals surface area contributed by atoms with Gasteiger partial charge in [-0.25, -0.2) is 4.99 Å². The number of amidine groups is 1. The SMILES string of the molecule is COc1ccc(C2C=C(c3ccccc3)N=C(N)S2)cc1. The molecule has 3 nitrogen and oxygen atoms in total. The zero-order chi connectivity index (χ0) is 14.7. The Bertz CT molecular complexity index is 678. The molecule has 0 aromatic heterocycles. The molecule has 106 valence electrons. The van der Waals surface area contributed by atoms with E-state index in [2.05, 4.69) is 23.2 Å². The Morgan fingerprint density at radius 1 is 1.05 bits per heavy atom.